The number of piperazine rings is 1. The molecule has 144 valence electrons. The minimum atomic E-state index is 0.0539. The molecular formula is C20H32N4O2. The summed E-state index contributed by atoms with van der Waals surface area (Å²) in [7, 11) is 0. The zero-order chi connectivity index (χ0) is 18.9. The molecule has 1 saturated heterocycles. The fraction of sp³-hybridized carbons (Fsp3) is 0.600. The van der Waals surface area contributed by atoms with Crippen molar-refractivity contribution in [2.75, 3.05) is 52.4 Å². The average Bonchev–Trinajstić information content (AvgIpc) is 2.64. The van der Waals surface area contributed by atoms with Gasteiger partial charge in [0.05, 0.1) is 13.1 Å². The number of carbonyl (C=O) groups is 2. The van der Waals surface area contributed by atoms with Crippen LogP contribution in [-0.2, 0) is 16.1 Å². The highest BCUT2D eigenvalue weighted by Crippen LogP contribution is 2.04. The van der Waals surface area contributed by atoms with Gasteiger partial charge >= 0.3 is 0 Å². The quantitative estimate of drug-likeness (QED) is 0.754. The van der Waals surface area contributed by atoms with Crippen LogP contribution in [0.5, 0.6) is 0 Å². The lowest BCUT2D eigenvalue weighted by molar-refractivity contribution is -0.133. The molecule has 0 spiro atoms. The molecule has 0 atom stereocenters. The van der Waals surface area contributed by atoms with Crippen molar-refractivity contribution >= 4 is 11.8 Å². The fourth-order valence-electron chi connectivity index (χ4n) is 3.14. The second kappa shape index (κ2) is 10.3. The van der Waals surface area contributed by atoms with Gasteiger partial charge in [-0.2, -0.15) is 0 Å². The molecule has 1 heterocycles. The molecule has 1 fully saturated rings. The van der Waals surface area contributed by atoms with Crippen LogP contribution in [0.3, 0.4) is 0 Å². The molecule has 0 aliphatic carbocycles. The third-order valence-corrected chi connectivity index (χ3v) is 4.92. The average molecular weight is 361 g/mol. The molecule has 26 heavy (non-hydrogen) atoms. The van der Waals surface area contributed by atoms with E-state index >= 15 is 0 Å². The standard InChI is InChI=1S/C20H32N4O2/c1-4-24(5-2)20(26)16-23-12-10-22(11-13-23)15-19(25)21-14-18-8-6-17(3)7-9-18/h6-9H,4-5,10-16H2,1-3H3,(H,21,25). The Morgan fingerprint density at radius 3 is 2.04 bits per heavy atom. The number of likely N-dealkylation sites (N-methyl/N-ethyl adjacent to an activating group) is 1. The number of amides is 2. The number of benzene rings is 1. The first-order valence-electron chi connectivity index (χ1n) is 9.56. The number of rotatable bonds is 8. The summed E-state index contributed by atoms with van der Waals surface area (Å²) in [6, 6.07) is 8.20. The van der Waals surface area contributed by atoms with Crippen LogP contribution < -0.4 is 5.32 Å². The highest BCUT2D eigenvalue weighted by atomic mass is 16.2. The van der Waals surface area contributed by atoms with Crippen LogP contribution in [0.2, 0.25) is 0 Å². The third kappa shape index (κ3) is 6.42. The van der Waals surface area contributed by atoms with E-state index in [1.165, 1.54) is 5.56 Å². The first-order valence-corrected chi connectivity index (χ1v) is 9.56. The Bertz CT molecular complexity index is 576. The first-order chi connectivity index (χ1) is 12.5. The highest BCUT2D eigenvalue weighted by molar-refractivity contribution is 5.78. The zero-order valence-corrected chi connectivity index (χ0v) is 16.3. The Labute approximate surface area is 157 Å². The Hall–Kier alpha value is -1.92. The van der Waals surface area contributed by atoms with Crippen molar-refractivity contribution in [1.29, 1.82) is 0 Å². The van der Waals surface area contributed by atoms with Crippen LogP contribution in [0.1, 0.15) is 25.0 Å². The van der Waals surface area contributed by atoms with Crippen LogP contribution in [0.15, 0.2) is 24.3 Å². The normalized spacial score (nSPS) is 15.7. The maximum absolute atomic E-state index is 12.2. The monoisotopic (exact) mass is 360 g/mol. The molecule has 0 saturated carbocycles. The van der Waals surface area contributed by atoms with Crippen molar-refractivity contribution in [2.24, 2.45) is 0 Å². The van der Waals surface area contributed by atoms with E-state index in [2.05, 4.69) is 34.2 Å². The number of nitrogens with one attached hydrogen (secondary N) is 1. The van der Waals surface area contributed by atoms with Crippen LogP contribution in [0.25, 0.3) is 0 Å². The summed E-state index contributed by atoms with van der Waals surface area (Å²) in [5.41, 5.74) is 2.33. The van der Waals surface area contributed by atoms with E-state index in [0.717, 1.165) is 44.8 Å². The molecule has 1 aromatic rings. The van der Waals surface area contributed by atoms with E-state index < -0.39 is 0 Å². The van der Waals surface area contributed by atoms with E-state index in [1.807, 2.05) is 30.9 Å². The van der Waals surface area contributed by atoms with Crippen molar-refractivity contribution in [2.45, 2.75) is 27.3 Å². The van der Waals surface area contributed by atoms with Gasteiger partial charge in [0.15, 0.2) is 0 Å². The van der Waals surface area contributed by atoms with Gasteiger partial charge < -0.3 is 10.2 Å². The molecule has 0 radical (unpaired) electrons. The molecule has 2 amide bonds. The second-order valence-electron chi connectivity index (χ2n) is 6.88. The maximum Gasteiger partial charge on any atom is 0.236 e. The summed E-state index contributed by atoms with van der Waals surface area (Å²) < 4.78 is 0. The zero-order valence-electron chi connectivity index (χ0n) is 16.3. The lowest BCUT2D eigenvalue weighted by Crippen LogP contribution is -2.51. The van der Waals surface area contributed by atoms with Gasteiger partial charge in [0.1, 0.15) is 0 Å². The molecule has 0 bridgehead atoms. The Kier molecular flexibility index (Phi) is 8.06. The van der Waals surface area contributed by atoms with E-state index in [9.17, 15) is 9.59 Å². The SMILES string of the molecule is CCN(CC)C(=O)CN1CCN(CC(=O)NCc2ccc(C)cc2)CC1. The van der Waals surface area contributed by atoms with Gasteiger partial charge in [-0.1, -0.05) is 29.8 Å². The molecule has 6 heteroatoms. The van der Waals surface area contributed by atoms with E-state index in [-0.39, 0.29) is 11.8 Å². The van der Waals surface area contributed by atoms with E-state index in [4.69, 9.17) is 0 Å². The molecule has 1 N–H and O–H groups in total. The predicted molar refractivity (Wildman–Crippen MR) is 104 cm³/mol. The Morgan fingerprint density at radius 2 is 1.50 bits per heavy atom. The molecule has 1 aliphatic heterocycles. The van der Waals surface area contributed by atoms with Crippen molar-refractivity contribution in [1.82, 2.24) is 20.0 Å². The summed E-state index contributed by atoms with van der Waals surface area (Å²) in [4.78, 5) is 30.5. The van der Waals surface area contributed by atoms with Crippen LogP contribution in [0.4, 0.5) is 0 Å². The number of aryl methyl sites for hydroxylation is 1. The first kappa shape index (κ1) is 20.4. The van der Waals surface area contributed by atoms with Crippen molar-refractivity contribution in [3.05, 3.63) is 35.4 Å². The van der Waals surface area contributed by atoms with Gasteiger partial charge in [-0.25, -0.2) is 0 Å². The molecular weight excluding hydrogens is 328 g/mol. The number of carbonyl (C=O) groups excluding carboxylic acids is 2. The number of nitrogens with zero attached hydrogens (tertiary/aromatic N) is 3. The molecule has 1 aliphatic rings. The lowest BCUT2D eigenvalue weighted by Gasteiger charge is -2.34. The minimum absolute atomic E-state index is 0.0539. The maximum atomic E-state index is 12.2. The molecule has 2 rings (SSSR count). The number of hydrogen-bond acceptors (Lipinski definition) is 4. The van der Waals surface area contributed by atoms with Crippen LogP contribution in [0, 0.1) is 6.92 Å². The van der Waals surface area contributed by atoms with Gasteiger partial charge in [0, 0.05) is 45.8 Å². The highest BCUT2D eigenvalue weighted by Gasteiger charge is 2.21. The van der Waals surface area contributed by atoms with Gasteiger partial charge in [-0.05, 0) is 26.3 Å². The lowest BCUT2D eigenvalue weighted by atomic mass is 10.1. The van der Waals surface area contributed by atoms with Gasteiger partial charge in [-0.15, -0.1) is 0 Å². The smallest absolute Gasteiger partial charge is 0.236 e. The van der Waals surface area contributed by atoms with Crippen molar-refractivity contribution < 1.29 is 9.59 Å². The van der Waals surface area contributed by atoms with E-state index in [0.29, 0.717) is 19.6 Å². The Balaban J connectivity index is 1.67. The summed E-state index contributed by atoms with van der Waals surface area (Å²) in [5.74, 6) is 0.248. The summed E-state index contributed by atoms with van der Waals surface area (Å²) in [6.07, 6.45) is 0. The largest absolute Gasteiger partial charge is 0.351 e. The molecule has 6 nitrogen and oxygen atoms in total. The van der Waals surface area contributed by atoms with Gasteiger partial charge in [0.25, 0.3) is 0 Å². The second-order valence-corrected chi connectivity index (χ2v) is 6.88. The van der Waals surface area contributed by atoms with Gasteiger partial charge in [0.2, 0.25) is 11.8 Å². The number of hydrogen-bond donors (Lipinski definition) is 1. The fourth-order valence-corrected chi connectivity index (χ4v) is 3.14. The summed E-state index contributed by atoms with van der Waals surface area (Å²) in [5, 5.41) is 2.98. The molecule has 1 aromatic carbocycles. The van der Waals surface area contributed by atoms with Gasteiger partial charge in [-0.3, -0.25) is 19.4 Å². The summed E-state index contributed by atoms with van der Waals surface area (Å²) in [6.45, 7) is 12.4. The van der Waals surface area contributed by atoms with E-state index in [1.54, 1.807) is 0 Å². The summed E-state index contributed by atoms with van der Waals surface area (Å²) >= 11 is 0. The van der Waals surface area contributed by atoms with Crippen LogP contribution >= 0.6 is 0 Å². The van der Waals surface area contributed by atoms with Crippen molar-refractivity contribution in [3.63, 3.8) is 0 Å². The minimum Gasteiger partial charge on any atom is -0.351 e. The Morgan fingerprint density at radius 1 is 0.962 bits per heavy atom. The third-order valence-electron chi connectivity index (χ3n) is 4.92. The predicted octanol–water partition coefficient (Wildman–Crippen LogP) is 1.10. The molecule has 0 aromatic heterocycles. The van der Waals surface area contributed by atoms with Crippen molar-refractivity contribution in [3.8, 4) is 0 Å². The topological polar surface area (TPSA) is 55.9 Å². The van der Waals surface area contributed by atoms with Crippen LogP contribution in [-0.4, -0.2) is 78.9 Å². The molecule has 0 unspecified atom stereocenters.